The van der Waals surface area contributed by atoms with Crippen LogP contribution in [-0.4, -0.2) is 11.9 Å². The van der Waals surface area contributed by atoms with E-state index in [-0.39, 0.29) is 11.9 Å². The summed E-state index contributed by atoms with van der Waals surface area (Å²) in [5.41, 5.74) is 6.18. The van der Waals surface area contributed by atoms with Crippen LogP contribution in [0.1, 0.15) is 53.4 Å². The minimum absolute atomic E-state index is 0.0871. The number of nitrogens with zero attached hydrogens (tertiary/aromatic N) is 1. The van der Waals surface area contributed by atoms with Gasteiger partial charge in [-0.2, -0.15) is 0 Å². The summed E-state index contributed by atoms with van der Waals surface area (Å²) >= 11 is 0. The fraction of sp³-hybridized carbons (Fsp3) is 0.500. The van der Waals surface area contributed by atoms with Crippen molar-refractivity contribution in [1.29, 1.82) is 0 Å². The molecule has 4 N–H and O–H groups in total. The lowest BCUT2D eigenvalue weighted by Crippen LogP contribution is -2.45. The Hall–Kier alpha value is -1.91. The van der Waals surface area contributed by atoms with E-state index in [0.717, 1.165) is 19.3 Å². The van der Waals surface area contributed by atoms with Crippen LogP contribution in [0.25, 0.3) is 0 Å². The molecule has 0 aliphatic rings. The zero-order valence-corrected chi connectivity index (χ0v) is 16.7. The van der Waals surface area contributed by atoms with Crippen molar-refractivity contribution in [1.82, 2.24) is 0 Å². The molecule has 1 rings (SSSR count). The second-order valence-corrected chi connectivity index (χ2v) is 7.76. The molecule has 1 amide bonds. The lowest BCUT2D eigenvalue weighted by molar-refractivity contribution is -0.126. The van der Waals surface area contributed by atoms with Gasteiger partial charge in [-0.3, -0.25) is 4.79 Å². The zero-order chi connectivity index (χ0) is 19.6. The summed E-state index contributed by atoms with van der Waals surface area (Å²) in [4.78, 5) is 12.6. The highest BCUT2D eigenvalue weighted by Gasteiger charge is 2.30. The normalized spacial score (nSPS) is 13.7. The Balaban J connectivity index is 2.39. The third-order valence-corrected chi connectivity index (χ3v) is 4.56. The van der Waals surface area contributed by atoms with Gasteiger partial charge in [-0.25, -0.2) is 10.9 Å². The Morgan fingerprint density at radius 1 is 1.08 bits per heavy atom. The molecule has 4 nitrogen and oxygen atoms in total. The first-order valence-electron chi connectivity index (χ1n) is 9.45. The van der Waals surface area contributed by atoms with Gasteiger partial charge < -0.3 is 5.73 Å². The Kier molecular flexibility index (Phi) is 9.31. The highest BCUT2D eigenvalue weighted by Crippen LogP contribution is 2.25. The van der Waals surface area contributed by atoms with Crippen molar-refractivity contribution >= 4 is 11.6 Å². The fourth-order valence-electron chi connectivity index (χ4n) is 2.45. The predicted molar refractivity (Wildman–Crippen MR) is 111 cm³/mol. The summed E-state index contributed by atoms with van der Waals surface area (Å²) in [6.07, 6.45) is 12.1. The maximum Gasteiger partial charge on any atom is 0.247 e. The summed E-state index contributed by atoms with van der Waals surface area (Å²) in [6.45, 7) is 8.14. The molecule has 1 atom stereocenters. The van der Waals surface area contributed by atoms with Gasteiger partial charge in [0, 0.05) is 11.5 Å². The Morgan fingerprint density at radius 2 is 1.65 bits per heavy atom. The number of carbonyl (C=O) groups is 1. The monoisotopic (exact) mass is 357 g/mol. The van der Waals surface area contributed by atoms with Crippen LogP contribution in [0.4, 0.5) is 5.69 Å². The summed E-state index contributed by atoms with van der Waals surface area (Å²) in [7, 11) is 0. The van der Waals surface area contributed by atoms with Crippen molar-refractivity contribution in [3.05, 3.63) is 54.6 Å². The van der Waals surface area contributed by atoms with Gasteiger partial charge in [-0.15, -0.1) is 0 Å². The van der Waals surface area contributed by atoms with Crippen LogP contribution in [0.3, 0.4) is 0 Å². The maximum absolute atomic E-state index is 12.6. The van der Waals surface area contributed by atoms with Crippen LogP contribution in [0.2, 0.25) is 0 Å². The third-order valence-electron chi connectivity index (χ3n) is 4.56. The third kappa shape index (κ3) is 7.54. The molecule has 144 valence electrons. The number of allylic oxidation sites excluding steroid dienone is 3. The molecular weight excluding hydrogens is 322 g/mol. The van der Waals surface area contributed by atoms with E-state index in [1.54, 1.807) is 0 Å². The van der Waals surface area contributed by atoms with E-state index in [2.05, 4.69) is 38.2 Å². The van der Waals surface area contributed by atoms with Gasteiger partial charge in [0.15, 0.2) is 0 Å². The smallest absolute Gasteiger partial charge is 0.247 e. The quantitative estimate of drug-likeness (QED) is 0.212. The molecule has 1 aromatic rings. The van der Waals surface area contributed by atoms with E-state index in [0.29, 0.717) is 18.0 Å². The van der Waals surface area contributed by atoms with Crippen LogP contribution in [0.5, 0.6) is 0 Å². The predicted octanol–water partition coefficient (Wildman–Crippen LogP) is 4.58. The van der Waals surface area contributed by atoms with Gasteiger partial charge in [-0.1, -0.05) is 70.2 Å². The molecule has 26 heavy (non-hydrogen) atoms. The van der Waals surface area contributed by atoms with Crippen molar-refractivity contribution in [2.75, 3.05) is 5.01 Å². The van der Waals surface area contributed by atoms with Gasteiger partial charge >= 0.3 is 0 Å². The topological polar surface area (TPSA) is 72.4 Å². The number of anilines is 1. The first kappa shape index (κ1) is 22.1. The lowest BCUT2D eigenvalue weighted by Gasteiger charge is -2.28. The van der Waals surface area contributed by atoms with Crippen molar-refractivity contribution in [2.45, 2.75) is 59.4 Å². The van der Waals surface area contributed by atoms with Crippen molar-refractivity contribution < 1.29 is 4.79 Å². The number of hydrazine groups is 1. The summed E-state index contributed by atoms with van der Waals surface area (Å²) < 4.78 is 0. The van der Waals surface area contributed by atoms with Crippen LogP contribution in [-0.2, 0) is 4.79 Å². The number of rotatable bonds is 10. The van der Waals surface area contributed by atoms with E-state index < -0.39 is 5.41 Å². The molecule has 0 saturated heterocycles. The van der Waals surface area contributed by atoms with E-state index in [9.17, 15) is 4.79 Å². The number of hydrogen-bond donors (Lipinski definition) is 2. The van der Waals surface area contributed by atoms with Crippen LogP contribution in [0.15, 0.2) is 54.6 Å². The highest BCUT2D eigenvalue weighted by atomic mass is 16.2. The average Bonchev–Trinajstić information content (AvgIpc) is 2.62. The first-order valence-corrected chi connectivity index (χ1v) is 9.45. The highest BCUT2D eigenvalue weighted by molar-refractivity contribution is 5.96. The van der Waals surface area contributed by atoms with E-state index in [1.165, 1.54) is 5.01 Å². The number of carbonyl (C=O) groups excluding carboxylic acids is 1. The summed E-state index contributed by atoms with van der Waals surface area (Å²) in [5, 5.41) is 1.24. The Morgan fingerprint density at radius 3 is 2.23 bits per heavy atom. The molecule has 0 saturated carbocycles. The number of unbranched alkanes of at least 4 members (excludes halogenated alkanes) is 1. The molecule has 4 heteroatoms. The number of para-hydroxylation sites is 1. The summed E-state index contributed by atoms with van der Waals surface area (Å²) in [5.74, 6) is 6.42. The van der Waals surface area contributed by atoms with Gasteiger partial charge in [0.2, 0.25) is 5.91 Å². The van der Waals surface area contributed by atoms with E-state index in [1.807, 2.05) is 44.2 Å². The standard InChI is InChI=1S/C22H35N3O/c1-18(2)20(23)16-12-7-5-6-8-13-17-22(3,4)21(26)25(24)19-14-10-9-11-15-19/h7-15,18,20H,5-6,16-17,23-24H2,1-4H3. The Bertz CT molecular complexity index is 591. The van der Waals surface area contributed by atoms with Gasteiger partial charge in [0.05, 0.1) is 5.69 Å². The Labute approximate surface area is 158 Å². The van der Waals surface area contributed by atoms with Crippen molar-refractivity contribution in [3.63, 3.8) is 0 Å². The molecule has 0 spiro atoms. The van der Waals surface area contributed by atoms with Crippen LogP contribution < -0.4 is 16.6 Å². The average molecular weight is 358 g/mol. The van der Waals surface area contributed by atoms with Crippen LogP contribution >= 0.6 is 0 Å². The van der Waals surface area contributed by atoms with Gasteiger partial charge in [-0.05, 0) is 43.7 Å². The second-order valence-electron chi connectivity index (χ2n) is 7.76. The van der Waals surface area contributed by atoms with E-state index in [4.69, 9.17) is 11.6 Å². The van der Waals surface area contributed by atoms with Gasteiger partial charge in [0.1, 0.15) is 0 Å². The molecule has 0 heterocycles. The molecule has 1 aromatic carbocycles. The summed E-state index contributed by atoms with van der Waals surface area (Å²) in [6, 6.07) is 9.55. The molecule has 0 aliphatic heterocycles. The molecule has 0 aliphatic carbocycles. The zero-order valence-electron chi connectivity index (χ0n) is 16.7. The fourth-order valence-corrected chi connectivity index (χ4v) is 2.45. The number of nitrogens with two attached hydrogens (primary N) is 2. The number of benzene rings is 1. The lowest BCUT2D eigenvalue weighted by atomic mass is 9.87. The molecule has 0 bridgehead atoms. The van der Waals surface area contributed by atoms with Crippen molar-refractivity contribution in [3.8, 4) is 0 Å². The molecular formula is C22H35N3O. The van der Waals surface area contributed by atoms with E-state index >= 15 is 0 Å². The largest absolute Gasteiger partial charge is 0.327 e. The van der Waals surface area contributed by atoms with Crippen molar-refractivity contribution in [2.24, 2.45) is 22.9 Å². The molecule has 0 aromatic heterocycles. The maximum atomic E-state index is 12.6. The molecule has 0 radical (unpaired) electrons. The van der Waals surface area contributed by atoms with Gasteiger partial charge in [0.25, 0.3) is 0 Å². The SMILES string of the molecule is CC(C)C(N)CC=CCCC=CCC(C)(C)C(=O)N(N)c1ccccc1. The number of amides is 1. The second kappa shape index (κ2) is 10.9. The molecule has 1 unspecified atom stereocenters. The minimum atomic E-state index is -0.541. The molecule has 0 fully saturated rings. The first-order chi connectivity index (χ1) is 12.3. The van der Waals surface area contributed by atoms with Crippen LogP contribution in [0, 0.1) is 11.3 Å². The minimum Gasteiger partial charge on any atom is -0.327 e. The number of hydrogen-bond acceptors (Lipinski definition) is 3.